The molecule has 21 heavy (non-hydrogen) atoms. The standard InChI is InChI=1S/C16H11F3O2/c17-13-3-4-16(15(19)9-13)21-10-12-6-11(2-1-5-20)7-14(18)8-12/h3-4,6-9,20H,5,10H2. The van der Waals surface area contributed by atoms with Gasteiger partial charge in [0.2, 0.25) is 0 Å². The maximum atomic E-state index is 13.4. The minimum Gasteiger partial charge on any atom is -0.486 e. The van der Waals surface area contributed by atoms with E-state index >= 15 is 0 Å². The van der Waals surface area contributed by atoms with Crippen molar-refractivity contribution < 1.29 is 23.0 Å². The molecule has 2 rings (SSSR count). The Morgan fingerprint density at radius 3 is 2.52 bits per heavy atom. The molecular weight excluding hydrogens is 281 g/mol. The molecule has 108 valence electrons. The SMILES string of the molecule is OCC#Cc1cc(F)cc(COc2ccc(F)cc2F)c1. The molecule has 5 heteroatoms. The minimum atomic E-state index is -0.827. The normalized spacial score (nSPS) is 9.90. The van der Waals surface area contributed by atoms with Crippen molar-refractivity contribution in [2.24, 2.45) is 0 Å². The van der Waals surface area contributed by atoms with Crippen LogP contribution in [0.2, 0.25) is 0 Å². The first kappa shape index (κ1) is 14.9. The van der Waals surface area contributed by atoms with E-state index in [-0.39, 0.29) is 19.0 Å². The zero-order valence-corrected chi connectivity index (χ0v) is 10.9. The van der Waals surface area contributed by atoms with Crippen LogP contribution >= 0.6 is 0 Å². The van der Waals surface area contributed by atoms with E-state index in [1.165, 1.54) is 12.1 Å². The van der Waals surface area contributed by atoms with E-state index in [0.29, 0.717) is 17.2 Å². The average Bonchev–Trinajstić information content (AvgIpc) is 2.43. The second-order valence-corrected chi connectivity index (χ2v) is 4.17. The summed E-state index contributed by atoms with van der Waals surface area (Å²) in [4.78, 5) is 0. The smallest absolute Gasteiger partial charge is 0.167 e. The molecular formula is C16H11F3O2. The summed E-state index contributed by atoms with van der Waals surface area (Å²) < 4.78 is 44.7. The van der Waals surface area contributed by atoms with Crippen molar-refractivity contribution in [1.29, 1.82) is 0 Å². The zero-order valence-electron chi connectivity index (χ0n) is 10.9. The lowest BCUT2D eigenvalue weighted by atomic mass is 10.1. The van der Waals surface area contributed by atoms with E-state index < -0.39 is 17.5 Å². The second-order valence-electron chi connectivity index (χ2n) is 4.17. The maximum absolute atomic E-state index is 13.4. The third-order valence-electron chi connectivity index (χ3n) is 2.56. The molecule has 0 spiro atoms. The Kier molecular flexibility index (Phi) is 4.85. The average molecular weight is 292 g/mol. The van der Waals surface area contributed by atoms with Crippen molar-refractivity contribution in [3.63, 3.8) is 0 Å². The minimum absolute atomic E-state index is 0.0892. The molecule has 0 saturated heterocycles. The molecule has 0 amide bonds. The van der Waals surface area contributed by atoms with Gasteiger partial charge in [-0.25, -0.2) is 13.2 Å². The van der Waals surface area contributed by atoms with Gasteiger partial charge in [0.1, 0.15) is 24.8 Å². The zero-order chi connectivity index (χ0) is 15.2. The topological polar surface area (TPSA) is 29.5 Å². The summed E-state index contributed by atoms with van der Waals surface area (Å²) in [5.41, 5.74) is 0.822. The Morgan fingerprint density at radius 2 is 1.81 bits per heavy atom. The summed E-state index contributed by atoms with van der Waals surface area (Å²) >= 11 is 0. The molecule has 0 aliphatic carbocycles. The molecule has 1 N–H and O–H groups in total. The lowest BCUT2D eigenvalue weighted by Crippen LogP contribution is -1.99. The number of rotatable bonds is 3. The Labute approximate surface area is 119 Å². The highest BCUT2D eigenvalue weighted by Crippen LogP contribution is 2.19. The number of hydrogen-bond acceptors (Lipinski definition) is 2. The van der Waals surface area contributed by atoms with Crippen LogP contribution < -0.4 is 4.74 Å². The summed E-state index contributed by atoms with van der Waals surface area (Å²) in [7, 11) is 0. The van der Waals surface area contributed by atoms with Gasteiger partial charge in [-0.1, -0.05) is 11.8 Å². The Balaban J connectivity index is 2.14. The molecule has 0 aliphatic rings. The van der Waals surface area contributed by atoms with Crippen molar-refractivity contribution in [2.45, 2.75) is 6.61 Å². The summed E-state index contributed by atoms with van der Waals surface area (Å²) in [6.07, 6.45) is 0. The third-order valence-corrected chi connectivity index (χ3v) is 2.56. The number of aliphatic hydroxyl groups excluding tert-OH is 1. The lowest BCUT2D eigenvalue weighted by Gasteiger charge is -2.08. The van der Waals surface area contributed by atoms with Gasteiger partial charge in [0.15, 0.2) is 11.6 Å². The highest BCUT2D eigenvalue weighted by atomic mass is 19.1. The summed E-state index contributed by atoms with van der Waals surface area (Å²) in [6.45, 7) is -0.419. The summed E-state index contributed by atoms with van der Waals surface area (Å²) in [5, 5.41) is 8.61. The third kappa shape index (κ3) is 4.26. The van der Waals surface area contributed by atoms with Gasteiger partial charge in [-0.2, -0.15) is 0 Å². The van der Waals surface area contributed by atoms with E-state index in [9.17, 15) is 13.2 Å². The molecule has 0 saturated carbocycles. The fourth-order valence-electron chi connectivity index (χ4n) is 1.70. The van der Waals surface area contributed by atoms with E-state index in [1.807, 2.05) is 0 Å². The van der Waals surface area contributed by atoms with Crippen LogP contribution in [-0.2, 0) is 6.61 Å². The van der Waals surface area contributed by atoms with Crippen molar-refractivity contribution >= 4 is 0 Å². The van der Waals surface area contributed by atoms with Crippen LogP contribution in [0.4, 0.5) is 13.2 Å². The van der Waals surface area contributed by atoms with Gasteiger partial charge in [0.05, 0.1) is 0 Å². The maximum Gasteiger partial charge on any atom is 0.167 e. The fraction of sp³-hybridized carbons (Fsp3) is 0.125. The van der Waals surface area contributed by atoms with Crippen LogP contribution in [0.25, 0.3) is 0 Å². The van der Waals surface area contributed by atoms with Crippen LogP contribution in [0, 0.1) is 29.3 Å². The molecule has 0 radical (unpaired) electrons. The molecule has 0 bridgehead atoms. The molecule has 2 aromatic rings. The molecule has 0 aliphatic heterocycles. The first-order valence-electron chi connectivity index (χ1n) is 6.05. The van der Waals surface area contributed by atoms with E-state index in [0.717, 1.165) is 12.1 Å². The first-order valence-corrected chi connectivity index (χ1v) is 6.05. The van der Waals surface area contributed by atoms with Gasteiger partial charge in [0.25, 0.3) is 0 Å². The van der Waals surface area contributed by atoms with E-state index in [1.54, 1.807) is 6.07 Å². The summed E-state index contributed by atoms with van der Waals surface area (Å²) in [6, 6.07) is 6.95. The predicted molar refractivity (Wildman–Crippen MR) is 71.1 cm³/mol. The van der Waals surface area contributed by atoms with Gasteiger partial charge in [0, 0.05) is 11.6 Å². The largest absolute Gasteiger partial charge is 0.486 e. The molecule has 0 atom stereocenters. The van der Waals surface area contributed by atoms with Crippen molar-refractivity contribution in [2.75, 3.05) is 6.61 Å². The number of benzene rings is 2. The predicted octanol–water partition coefficient (Wildman–Crippen LogP) is 3.03. The Bertz CT molecular complexity index is 702. The van der Waals surface area contributed by atoms with Gasteiger partial charge >= 0.3 is 0 Å². The molecule has 0 fully saturated rings. The molecule has 0 aromatic heterocycles. The number of halogens is 3. The summed E-state index contributed by atoms with van der Waals surface area (Å²) in [5.74, 6) is 2.81. The molecule has 2 nitrogen and oxygen atoms in total. The van der Waals surface area contributed by atoms with Crippen LogP contribution in [-0.4, -0.2) is 11.7 Å². The number of hydrogen-bond donors (Lipinski definition) is 1. The Hall–Kier alpha value is -2.45. The highest BCUT2D eigenvalue weighted by Gasteiger charge is 2.06. The highest BCUT2D eigenvalue weighted by molar-refractivity contribution is 5.38. The van der Waals surface area contributed by atoms with Crippen LogP contribution in [0.15, 0.2) is 36.4 Å². The van der Waals surface area contributed by atoms with Crippen LogP contribution in [0.3, 0.4) is 0 Å². The van der Waals surface area contributed by atoms with Gasteiger partial charge < -0.3 is 9.84 Å². The second kappa shape index (κ2) is 6.82. The molecule has 0 unspecified atom stereocenters. The number of ether oxygens (including phenoxy) is 1. The lowest BCUT2D eigenvalue weighted by molar-refractivity contribution is 0.289. The van der Waals surface area contributed by atoms with Crippen molar-refractivity contribution in [1.82, 2.24) is 0 Å². The van der Waals surface area contributed by atoms with Crippen LogP contribution in [0.5, 0.6) is 5.75 Å². The van der Waals surface area contributed by atoms with Gasteiger partial charge in [-0.05, 0) is 35.9 Å². The van der Waals surface area contributed by atoms with Gasteiger partial charge in [-0.15, -0.1) is 0 Å². The van der Waals surface area contributed by atoms with Crippen molar-refractivity contribution in [3.05, 3.63) is 65.0 Å². The van der Waals surface area contributed by atoms with Gasteiger partial charge in [-0.3, -0.25) is 0 Å². The number of aliphatic hydroxyl groups is 1. The first-order chi connectivity index (χ1) is 10.1. The molecule has 2 aromatic carbocycles. The molecule has 0 heterocycles. The van der Waals surface area contributed by atoms with E-state index in [2.05, 4.69) is 11.8 Å². The van der Waals surface area contributed by atoms with Crippen molar-refractivity contribution in [3.8, 4) is 17.6 Å². The quantitative estimate of drug-likeness (QED) is 0.881. The van der Waals surface area contributed by atoms with Crippen LogP contribution in [0.1, 0.15) is 11.1 Å². The monoisotopic (exact) mass is 292 g/mol. The Morgan fingerprint density at radius 1 is 1.00 bits per heavy atom. The van der Waals surface area contributed by atoms with E-state index in [4.69, 9.17) is 9.84 Å². The fourth-order valence-corrected chi connectivity index (χ4v) is 1.70.